The predicted molar refractivity (Wildman–Crippen MR) is 123 cm³/mol. The van der Waals surface area contributed by atoms with Gasteiger partial charge < -0.3 is 14.0 Å². The number of benzene rings is 1. The SMILES string of the molecule is CCCC1(CCC)COC(Cc2c(C)c(C)c(C)c(C)c2C)(Cn2ccnc2)OC1. The van der Waals surface area contributed by atoms with E-state index in [2.05, 4.69) is 58.0 Å². The molecule has 0 spiro atoms. The summed E-state index contributed by atoms with van der Waals surface area (Å²) >= 11 is 0. The molecular formula is C26H40N2O2. The largest absolute Gasteiger partial charge is 0.347 e. The number of ether oxygens (including phenoxy) is 2. The maximum absolute atomic E-state index is 6.71. The van der Waals surface area contributed by atoms with Crippen LogP contribution in [0.15, 0.2) is 18.7 Å². The standard InChI is InChI=1S/C26H40N2O2/c1-8-10-25(11-9-2)16-29-26(30-17-25,15-28-13-12-27-18-28)14-24-22(6)20(4)19(3)21(5)23(24)7/h12-13,18H,8-11,14-17H2,1-7H3. The van der Waals surface area contributed by atoms with Crippen LogP contribution in [0.4, 0.5) is 0 Å². The zero-order chi connectivity index (χ0) is 21.9. The van der Waals surface area contributed by atoms with Crippen LogP contribution in [-0.2, 0) is 22.4 Å². The second-order valence-corrected chi connectivity index (χ2v) is 9.50. The highest BCUT2D eigenvalue weighted by atomic mass is 16.7. The molecule has 0 amide bonds. The summed E-state index contributed by atoms with van der Waals surface area (Å²) in [5.41, 5.74) is 8.41. The Kier molecular flexibility index (Phi) is 7.09. The van der Waals surface area contributed by atoms with Crippen molar-refractivity contribution < 1.29 is 9.47 Å². The number of rotatable bonds is 8. The molecule has 1 saturated heterocycles. The lowest BCUT2D eigenvalue weighted by atomic mass is 9.79. The Morgan fingerprint density at radius 1 is 0.867 bits per heavy atom. The molecule has 0 radical (unpaired) electrons. The van der Waals surface area contributed by atoms with Crippen LogP contribution in [0.3, 0.4) is 0 Å². The van der Waals surface area contributed by atoms with Gasteiger partial charge in [-0.25, -0.2) is 4.98 Å². The smallest absolute Gasteiger partial charge is 0.190 e. The molecule has 1 fully saturated rings. The summed E-state index contributed by atoms with van der Waals surface area (Å²) in [6, 6.07) is 0. The van der Waals surface area contributed by atoms with Gasteiger partial charge in [0.1, 0.15) is 0 Å². The summed E-state index contributed by atoms with van der Waals surface area (Å²) in [6.07, 6.45) is 11.1. The first-order chi connectivity index (χ1) is 14.3. The molecule has 0 aliphatic carbocycles. The number of hydrogen-bond donors (Lipinski definition) is 0. The molecule has 0 saturated carbocycles. The van der Waals surface area contributed by atoms with Gasteiger partial charge in [0, 0.05) is 24.2 Å². The molecule has 4 nitrogen and oxygen atoms in total. The normalized spacial score (nSPS) is 18.0. The summed E-state index contributed by atoms with van der Waals surface area (Å²) in [7, 11) is 0. The molecule has 1 aromatic heterocycles. The van der Waals surface area contributed by atoms with Crippen LogP contribution >= 0.6 is 0 Å². The molecule has 2 aromatic rings. The van der Waals surface area contributed by atoms with Crippen LogP contribution in [0.25, 0.3) is 0 Å². The van der Waals surface area contributed by atoms with E-state index in [4.69, 9.17) is 9.47 Å². The molecule has 1 aliphatic rings. The average molecular weight is 413 g/mol. The van der Waals surface area contributed by atoms with Crippen molar-refractivity contribution in [3.05, 3.63) is 52.1 Å². The Morgan fingerprint density at radius 3 is 1.87 bits per heavy atom. The van der Waals surface area contributed by atoms with E-state index in [-0.39, 0.29) is 5.41 Å². The van der Waals surface area contributed by atoms with Crippen LogP contribution in [0.5, 0.6) is 0 Å². The van der Waals surface area contributed by atoms with Gasteiger partial charge in [0.15, 0.2) is 5.79 Å². The molecular weight excluding hydrogens is 372 g/mol. The van der Waals surface area contributed by atoms with Crippen molar-refractivity contribution in [2.75, 3.05) is 13.2 Å². The fraction of sp³-hybridized carbons (Fsp3) is 0.654. The molecule has 1 aromatic carbocycles. The number of hydrogen-bond acceptors (Lipinski definition) is 3. The summed E-state index contributed by atoms with van der Waals surface area (Å²) in [5.74, 6) is -0.657. The first-order valence-corrected chi connectivity index (χ1v) is 11.6. The fourth-order valence-electron chi connectivity index (χ4n) is 5.15. The highest BCUT2D eigenvalue weighted by molar-refractivity contribution is 5.49. The molecule has 166 valence electrons. The molecule has 0 unspecified atom stereocenters. The van der Waals surface area contributed by atoms with Gasteiger partial charge >= 0.3 is 0 Å². The van der Waals surface area contributed by atoms with Gasteiger partial charge in [-0.05, 0) is 80.8 Å². The Labute approximate surface area is 183 Å². The van der Waals surface area contributed by atoms with Crippen LogP contribution in [0.2, 0.25) is 0 Å². The third-order valence-electron chi connectivity index (χ3n) is 7.43. The van der Waals surface area contributed by atoms with E-state index in [1.54, 1.807) is 0 Å². The van der Waals surface area contributed by atoms with Crippen LogP contribution in [0.1, 0.15) is 72.9 Å². The Balaban J connectivity index is 1.96. The quantitative estimate of drug-likeness (QED) is 0.534. The Bertz CT molecular complexity index is 809. The topological polar surface area (TPSA) is 36.3 Å². The molecule has 3 rings (SSSR count). The van der Waals surface area contributed by atoms with Gasteiger partial charge in [-0.1, -0.05) is 26.7 Å². The van der Waals surface area contributed by atoms with E-state index in [1.165, 1.54) is 33.4 Å². The van der Waals surface area contributed by atoms with Crippen molar-refractivity contribution in [1.82, 2.24) is 9.55 Å². The Hall–Kier alpha value is -1.65. The number of imidazole rings is 1. The van der Waals surface area contributed by atoms with Gasteiger partial charge in [-0.2, -0.15) is 0 Å². The van der Waals surface area contributed by atoms with Gasteiger partial charge in [0.05, 0.1) is 26.1 Å². The fourth-order valence-corrected chi connectivity index (χ4v) is 5.15. The van der Waals surface area contributed by atoms with Gasteiger partial charge in [-0.3, -0.25) is 0 Å². The number of aromatic nitrogens is 2. The summed E-state index contributed by atoms with van der Waals surface area (Å²) < 4.78 is 15.5. The van der Waals surface area contributed by atoms with Crippen molar-refractivity contribution in [2.45, 2.75) is 92.9 Å². The van der Waals surface area contributed by atoms with Crippen molar-refractivity contribution in [3.63, 3.8) is 0 Å². The van der Waals surface area contributed by atoms with Gasteiger partial charge in [-0.15, -0.1) is 0 Å². The third-order valence-corrected chi connectivity index (χ3v) is 7.43. The minimum absolute atomic E-state index is 0.144. The zero-order valence-electron chi connectivity index (χ0n) is 20.1. The first kappa shape index (κ1) is 23.0. The minimum Gasteiger partial charge on any atom is -0.347 e. The van der Waals surface area contributed by atoms with Crippen molar-refractivity contribution >= 4 is 0 Å². The van der Waals surface area contributed by atoms with Crippen molar-refractivity contribution in [3.8, 4) is 0 Å². The van der Waals surface area contributed by atoms with Gasteiger partial charge in [0.25, 0.3) is 0 Å². The molecule has 1 aliphatic heterocycles. The molecule has 0 atom stereocenters. The molecule has 0 N–H and O–H groups in total. The second kappa shape index (κ2) is 9.23. The van der Waals surface area contributed by atoms with Crippen LogP contribution in [-0.4, -0.2) is 28.6 Å². The third kappa shape index (κ3) is 4.50. The van der Waals surface area contributed by atoms with E-state index in [9.17, 15) is 0 Å². The lowest BCUT2D eigenvalue weighted by Crippen LogP contribution is -2.53. The summed E-state index contributed by atoms with van der Waals surface area (Å²) in [6.45, 7) is 17.9. The highest BCUT2D eigenvalue weighted by Gasteiger charge is 2.45. The maximum Gasteiger partial charge on any atom is 0.190 e. The van der Waals surface area contributed by atoms with E-state index in [1.807, 2.05) is 18.7 Å². The summed E-state index contributed by atoms with van der Waals surface area (Å²) in [5, 5.41) is 0. The molecule has 4 heteroatoms. The monoisotopic (exact) mass is 412 g/mol. The summed E-state index contributed by atoms with van der Waals surface area (Å²) in [4.78, 5) is 4.24. The zero-order valence-corrected chi connectivity index (χ0v) is 20.1. The minimum atomic E-state index is -0.657. The lowest BCUT2D eigenvalue weighted by Gasteiger charge is -2.47. The van der Waals surface area contributed by atoms with Crippen LogP contribution in [0, 0.1) is 40.0 Å². The molecule has 2 heterocycles. The second-order valence-electron chi connectivity index (χ2n) is 9.50. The van der Waals surface area contributed by atoms with E-state index >= 15 is 0 Å². The van der Waals surface area contributed by atoms with E-state index in [0.29, 0.717) is 6.54 Å². The molecule has 30 heavy (non-hydrogen) atoms. The predicted octanol–water partition coefficient (Wildman–Crippen LogP) is 6.00. The van der Waals surface area contributed by atoms with E-state index < -0.39 is 5.79 Å². The average Bonchev–Trinajstić information content (AvgIpc) is 3.24. The Morgan fingerprint density at radius 2 is 1.40 bits per heavy atom. The maximum atomic E-state index is 6.71. The van der Waals surface area contributed by atoms with Crippen LogP contribution < -0.4 is 0 Å². The number of nitrogens with zero attached hydrogens (tertiary/aromatic N) is 2. The first-order valence-electron chi connectivity index (χ1n) is 11.6. The lowest BCUT2D eigenvalue weighted by molar-refractivity contribution is -0.311. The highest BCUT2D eigenvalue weighted by Crippen LogP contribution is 2.41. The molecule has 0 bridgehead atoms. The van der Waals surface area contributed by atoms with Gasteiger partial charge in [0.2, 0.25) is 0 Å². The van der Waals surface area contributed by atoms with E-state index in [0.717, 1.165) is 45.3 Å². The van der Waals surface area contributed by atoms with Crippen molar-refractivity contribution in [1.29, 1.82) is 0 Å². The van der Waals surface area contributed by atoms with Crippen molar-refractivity contribution in [2.24, 2.45) is 5.41 Å².